The van der Waals surface area contributed by atoms with Gasteiger partial charge in [-0.25, -0.2) is 0 Å². The molecule has 0 bridgehead atoms. The minimum atomic E-state index is -0.589. The molecule has 2 atom stereocenters. The van der Waals surface area contributed by atoms with Gasteiger partial charge in [-0.15, -0.1) is 0 Å². The fourth-order valence-electron chi connectivity index (χ4n) is 1.89. The van der Waals surface area contributed by atoms with Crippen LogP contribution in [0.2, 0.25) is 5.02 Å². The number of Topliss-reactive ketones (excluding diaryl/α,β-unsaturated/α-hetero) is 1. The van der Waals surface area contributed by atoms with Crippen molar-refractivity contribution < 1.29 is 9.90 Å². The number of carbonyl (C=O) groups excluding carboxylic acids is 1. The van der Waals surface area contributed by atoms with Crippen molar-refractivity contribution in [3.63, 3.8) is 0 Å². The molecule has 0 heterocycles. The van der Waals surface area contributed by atoms with E-state index in [1.807, 2.05) is 0 Å². The van der Waals surface area contributed by atoms with Gasteiger partial charge >= 0.3 is 0 Å². The number of aliphatic hydroxyl groups excluding tert-OH is 1. The number of ketones is 1. The summed E-state index contributed by atoms with van der Waals surface area (Å²) in [5, 5.41) is 10.1. The summed E-state index contributed by atoms with van der Waals surface area (Å²) in [5.41, 5.74) is 1.66. The maximum absolute atomic E-state index is 11.7. The summed E-state index contributed by atoms with van der Waals surface area (Å²) in [6.07, 6.45) is 0.0144. The summed E-state index contributed by atoms with van der Waals surface area (Å²) in [4.78, 5) is 11.7. The van der Waals surface area contributed by atoms with Gasteiger partial charge in [0.15, 0.2) is 5.78 Å². The highest BCUT2D eigenvalue weighted by Crippen LogP contribution is 2.30. The van der Waals surface area contributed by atoms with Crippen LogP contribution in [0.5, 0.6) is 0 Å². The van der Waals surface area contributed by atoms with Crippen molar-refractivity contribution in [3.8, 4) is 0 Å². The molecule has 1 aliphatic carbocycles. The highest BCUT2D eigenvalue weighted by atomic mass is 35.5. The molecular formula is C11H11ClO2. The van der Waals surface area contributed by atoms with E-state index >= 15 is 0 Å². The molecule has 74 valence electrons. The van der Waals surface area contributed by atoms with Crippen LogP contribution in [0.4, 0.5) is 0 Å². The Morgan fingerprint density at radius 1 is 1.57 bits per heavy atom. The lowest BCUT2D eigenvalue weighted by Gasteiger charge is -2.09. The van der Waals surface area contributed by atoms with Crippen molar-refractivity contribution in [2.24, 2.45) is 5.92 Å². The van der Waals surface area contributed by atoms with Crippen molar-refractivity contribution >= 4 is 17.4 Å². The van der Waals surface area contributed by atoms with E-state index in [1.165, 1.54) is 0 Å². The molecule has 1 aromatic carbocycles. The van der Waals surface area contributed by atoms with Crippen LogP contribution < -0.4 is 0 Å². The summed E-state index contributed by atoms with van der Waals surface area (Å²) in [5.74, 6) is -0.255. The third kappa shape index (κ3) is 1.45. The van der Waals surface area contributed by atoms with E-state index in [2.05, 4.69) is 0 Å². The van der Waals surface area contributed by atoms with Gasteiger partial charge < -0.3 is 5.11 Å². The number of benzene rings is 1. The summed E-state index contributed by atoms with van der Waals surface area (Å²) < 4.78 is 0. The molecular weight excluding hydrogens is 200 g/mol. The van der Waals surface area contributed by atoms with Crippen LogP contribution in [0.1, 0.15) is 22.8 Å². The van der Waals surface area contributed by atoms with Crippen LogP contribution in [-0.2, 0) is 6.42 Å². The first-order valence-corrected chi connectivity index (χ1v) is 4.98. The molecule has 0 saturated carbocycles. The highest BCUT2D eigenvalue weighted by molar-refractivity contribution is 6.30. The van der Waals surface area contributed by atoms with Crippen molar-refractivity contribution in [3.05, 3.63) is 34.3 Å². The van der Waals surface area contributed by atoms with Crippen LogP contribution in [-0.4, -0.2) is 17.0 Å². The molecule has 14 heavy (non-hydrogen) atoms. The van der Waals surface area contributed by atoms with Gasteiger partial charge in [-0.2, -0.15) is 0 Å². The first-order valence-electron chi connectivity index (χ1n) is 4.60. The number of hydrogen-bond donors (Lipinski definition) is 1. The second-order valence-electron chi connectivity index (χ2n) is 3.72. The Balaban J connectivity index is 2.40. The van der Waals surface area contributed by atoms with Crippen molar-refractivity contribution in [2.75, 3.05) is 0 Å². The highest BCUT2D eigenvalue weighted by Gasteiger charge is 2.33. The average Bonchev–Trinajstić information content (AvgIpc) is 2.43. The molecule has 2 nitrogen and oxygen atoms in total. The Bertz CT molecular complexity index is 385. The van der Waals surface area contributed by atoms with Gasteiger partial charge in [-0.05, 0) is 37.1 Å². The maximum atomic E-state index is 11.7. The molecule has 3 heteroatoms. The number of hydrogen-bond acceptors (Lipinski definition) is 2. The standard InChI is InChI=1S/C11H11ClO2/c1-6(13)10-5-7-4-8(12)2-3-9(7)11(10)14/h2-4,6,10,13H,5H2,1H3. The van der Waals surface area contributed by atoms with Crippen LogP contribution >= 0.6 is 11.6 Å². The van der Waals surface area contributed by atoms with Gasteiger partial charge in [0.1, 0.15) is 0 Å². The lowest BCUT2D eigenvalue weighted by molar-refractivity contribution is 0.0758. The average molecular weight is 211 g/mol. The van der Waals surface area contributed by atoms with Crippen LogP contribution in [0.25, 0.3) is 0 Å². The van der Waals surface area contributed by atoms with E-state index in [-0.39, 0.29) is 11.7 Å². The Morgan fingerprint density at radius 3 is 2.93 bits per heavy atom. The molecule has 0 aliphatic heterocycles. The number of rotatable bonds is 1. The number of aliphatic hydroxyl groups is 1. The zero-order chi connectivity index (χ0) is 10.3. The van der Waals surface area contributed by atoms with Gasteiger partial charge in [-0.1, -0.05) is 11.6 Å². The maximum Gasteiger partial charge on any atom is 0.169 e. The topological polar surface area (TPSA) is 37.3 Å². The van der Waals surface area contributed by atoms with Gasteiger partial charge in [0.2, 0.25) is 0 Å². The van der Waals surface area contributed by atoms with Crippen molar-refractivity contribution in [1.29, 1.82) is 0 Å². The molecule has 0 spiro atoms. The number of carbonyl (C=O) groups is 1. The molecule has 0 aromatic heterocycles. The lowest BCUT2D eigenvalue weighted by Crippen LogP contribution is -2.22. The van der Waals surface area contributed by atoms with Gasteiger partial charge in [0, 0.05) is 10.6 Å². The largest absolute Gasteiger partial charge is 0.393 e. The lowest BCUT2D eigenvalue weighted by atomic mass is 10.00. The first kappa shape index (κ1) is 9.69. The molecule has 1 aliphatic rings. The zero-order valence-corrected chi connectivity index (χ0v) is 8.58. The Labute approximate surface area is 87.5 Å². The minimum absolute atomic E-state index is 0.0340. The summed E-state index contributed by atoms with van der Waals surface area (Å²) in [7, 11) is 0. The zero-order valence-electron chi connectivity index (χ0n) is 7.83. The van der Waals surface area contributed by atoms with Gasteiger partial charge in [-0.3, -0.25) is 4.79 Å². The third-order valence-electron chi connectivity index (χ3n) is 2.69. The molecule has 0 radical (unpaired) electrons. The Kier molecular flexibility index (Phi) is 2.33. The van der Waals surface area contributed by atoms with E-state index in [4.69, 9.17) is 11.6 Å². The van der Waals surface area contributed by atoms with E-state index < -0.39 is 6.10 Å². The first-order chi connectivity index (χ1) is 6.59. The minimum Gasteiger partial charge on any atom is -0.393 e. The van der Waals surface area contributed by atoms with Crippen LogP contribution in [0, 0.1) is 5.92 Å². The SMILES string of the molecule is CC(O)C1Cc2cc(Cl)ccc2C1=O. The summed E-state index contributed by atoms with van der Waals surface area (Å²) in [6, 6.07) is 5.25. The Hall–Kier alpha value is -0.860. The number of fused-ring (bicyclic) bond motifs is 1. The molecule has 0 amide bonds. The molecule has 1 N–H and O–H groups in total. The molecule has 1 aromatic rings. The summed E-state index contributed by atoms with van der Waals surface area (Å²) in [6.45, 7) is 1.65. The summed E-state index contributed by atoms with van der Waals surface area (Å²) >= 11 is 5.82. The van der Waals surface area contributed by atoms with E-state index in [0.717, 1.165) is 5.56 Å². The third-order valence-corrected chi connectivity index (χ3v) is 2.93. The predicted molar refractivity (Wildman–Crippen MR) is 54.7 cm³/mol. The smallest absolute Gasteiger partial charge is 0.169 e. The van der Waals surface area contributed by atoms with E-state index in [0.29, 0.717) is 17.0 Å². The van der Waals surface area contributed by atoms with Crippen LogP contribution in [0.3, 0.4) is 0 Å². The number of halogens is 1. The van der Waals surface area contributed by atoms with E-state index in [1.54, 1.807) is 25.1 Å². The fourth-order valence-corrected chi connectivity index (χ4v) is 2.09. The normalized spacial score (nSPS) is 22.2. The van der Waals surface area contributed by atoms with Gasteiger partial charge in [0.05, 0.1) is 12.0 Å². The molecule has 0 saturated heterocycles. The van der Waals surface area contributed by atoms with Crippen molar-refractivity contribution in [1.82, 2.24) is 0 Å². The molecule has 2 unspecified atom stereocenters. The fraction of sp³-hybridized carbons (Fsp3) is 0.364. The van der Waals surface area contributed by atoms with E-state index in [9.17, 15) is 9.90 Å². The second-order valence-corrected chi connectivity index (χ2v) is 4.15. The van der Waals surface area contributed by atoms with Gasteiger partial charge in [0.25, 0.3) is 0 Å². The molecule has 0 fully saturated rings. The second kappa shape index (κ2) is 3.37. The quantitative estimate of drug-likeness (QED) is 0.771. The van der Waals surface area contributed by atoms with Crippen molar-refractivity contribution in [2.45, 2.75) is 19.4 Å². The van der Waals surface area contributed by atoms with Crippen LogP contribution in [0.15, 0.2) is 18.2 Å². The molecule has 2 rings (SSSR count). The Morgan fingerprint density at radius 2 is 2.29 bits per heavy atom. The predicted octanol–water partition coefficient (Wildman–Crippen LogP) is 2.08. The monoisotopic (exact) mass is 210 g/mol.